The van der Waals surface area contributed by atoms with E-state index in [-0.39, 0.29) is 42.6 Å². The number of benzene rings is 3. The molecule has 3 aromatic carbocycles. The van der Waals surface area contributed by atoms with E-state index in [1.165, 1.54) is 19.3 Å². The third-order valence-corrected chi connectivity index (χ3v) is 9.28. The zero-order valence-corrected chi connectivity index (χ0v) is 27.3. The van der Waals surface area contributed by atoms with E-state index in [0.29, 0.717) is 18.8 Å². The molecule has 2 N–H and O–H groups in total. The van der Waals surface area contributed by atoms with Crippen molar-refractivity contribution in [3.05, 3.63) is 89.0 Å². The summed E-state index contributed by atoms with van der Waals surface area (Å²) >= 11 is 0. The fraction of sp³-hybridized carbons (Fsp3) is 0.462. The van der Waals surface area contributed by atoms with Crippen molar-refractivity contribution in [3.63, 3.8) is 0 Å². The second-order valence-corrected chi connectivity index (χ2v) is 13.9. The number of carboxylic acid groups (broad SMARTS) is 1. The lowest BCUT2D eigenvalue weighted by Gasteiger charge is -2.29. The van der Waals surface area contributed by atoms with Crippen LogP contribution in [0.3, 0.4) is 0 Å². The Hall–Kier alpha value is -4.13. The zero-order chi connectivity index (χ0) is 32.7. The highest BCUT2D eigenvalue weighted by Gasteiger charge is 2.30. The van der Waals surface area contributed by atoms with Gasteiger partial charge in [-0.2, -0.15) is 0 Å². The molecule has 1 fully saturated rings. The summed E-state index contributed by atoms with van der Waals surface area (Å²) in [5, 5.41) is 12.3. The van der Waals surface area contributed by atoms with Crippen molar-refractivity contribution in [2.24, 2.45) is 5.92 Å². The maximum Gasteiger partial charge on any atom is 0.306 e. The largest absolute Gasteiger partial charge is 0.481 e. The summed E-state index contributed by atoms with van der Waals surface area (Å²) in [5.41, 5.74) is 4.72. The van der Waals surface area contributed by atoms with Crippen LogP contribution >= 0.6 is 0 Å². The van der Waals surface area contributed by atoms with Gasteiger partial charge in [0.2, 0.25) is 5.91 Å². The number of hydrogen-bond donors (Lipinski definition) is 2. The highest BCUT2D eigenvalue weighted by atomic mass is 16.5. The molecule has 46 heavy (non-hydrogen) atoms. The van der Waals surface area contributed by atoms with Crippen LogP contribution < -0.4 is 10.1 Å². The minimum Gasteiger partial charge on any atom is -0.481 e. The van der Waals surface area contributed by atoms with Crippen molar-refractivity contribution in [2.45, 2.75) is 109 Å². The fourth-order valence-electron chi connectivity index (χ4n) is 6.92. The summed E-state index contributed by atoms with van der Waals surface area (Å²) in [7, 11) is 0. The van der Waals surface area contributed by atoms with Gasteiger partial charge < -0.3 is 19.9 Å². The predicted octanol–water partition coefficient (Wildman–Crippen LogP) is 8.93. The van der Waals surface area contributed by atoms with Gasteiger partial charge in [-0.3, -0.25) is 14.4 Å². The number of anilines is 1. The topological polar surface area (TPSA) is 102 Å². The molecule has 0 bridgehead atoms. The third kappa shape index (κ3) is 8.77. The Balaban J connectivity index is 1.31. The molecule has 7 nitrogen and oxygen atoms in total. The Morgan fingerprint density at radius 1 is 0.913 bits per heavy atom. The van der Waals surface area contributed by atoms with E-state index in [1.807, 2.05) is 48.5 Å². The first-order valence-electron chi connectivity index (χ1n) is 16.8. The smallest absolute Gasteiger partial charge is 0.306 e. The highest BCUT2D eigenvalue weighted by Crippen LogP contribution is 2.45. The van der Waals surface area contributed by atoms with Crippen LogP contribution in [-0.2, 0) is 31.0 Å². The van der Waals surface area contributed by atoms with Gasteiger partial charge in [0.1, 0.15) is 17.6 Å². The van der Waals surface area contributed by atoms with Gasteiger partial charge in [0.05, 0.1) is 12.8 Å². The standard InChI is InChI=1S/C39H47NO6/c1-39(2,3)32-20-18-27(17-19-28(23-26-11-5-4-6-12-26)45-38(44)22-21-37(42)43)24-33(32)40-36(41)25-31-29-13-7-9-15-34(29)46-35-16-10-8-14-30(31)35/h7-10,13-16,18,20,24,26,28,31H,4-6,11-12,17,19,21-23,25H2,1-3H3,(H,40,41)(H,42,43)/t28-/m0/s1. The van der Waals surface area contributed by atoms with E-state index in [9.17, 15) is 14.4 Å². The average Bonchev–Trinajstić information content (AvgIpc) is 3.02. The molecule has 1 amide bonds. The van der Waals surface area contributed by atoms with Crippen LogP contribution in [0, 0.1) is 5.92 Å². The van der Waals surface area contributed by atoms with E-state index in [0.717, 1.165) is 58.7 Å². The molecule has 7 heteroatoms. The summed E-state index contributed by atoms with van der Waals surface area (Å²) in [6, 6.07) is 22.1. The first-order valence-corrected chi connectivity index (χ1v) is 16.8. The van der Waals surface area contributed by atoms with Crippen LogP contribution in [-0.4, -0.2) is 29.1 Å². The van der Waals surface area contributed by atoms with Gasteiger partial charge in [-0.05, 0) is 59.9 Å². The normalized spacial score (nSPS) is 15.6. The predicted molar refractivity (Wildman–Crippen MR) is 179 cm³/mol. The number of para-hydroxylation sites is 2. The van der Waals surface area contributed by atoms with Crippen LogP contribution in [0.15, 0.2) is 66.7 Å². The summed E-state index contributed by atoms with van der Waals surface area (Å²) in [6.45, 7) is 6.41. The Kier molecular flexibility index (Phi) is 10.8. The van der Waals surface area contributed by atoms with E-state index < -0.39 is 11.9 Å². The van der Waals surface area contributed by atoms with Gasteiger partial charge in [-0.15, -0.1) is 0 Å². The molecule has 1 atom stereocenters. The Bertz CT molecular complexity index is 1490. The molecule has 0 saturated heterocycles. The number of rotatable bonds is 12. The molecule has 1 aliphatic carbocycles. The van der Waals surface area contributed by atoms with Gasteiger partial charge in [0.25, 0.3) is 0 Å². The van der Waals surface area contributed by atoms with E-state index >= 15 is 0 Å². The molecule has 0 aromatic heterocycles. The number of nitrogens with one attached hydrogen (secondary N) is 1. The second kappa shape index (κ2) is 15.0. The summed E-state index contributed by atoms with van der Waals surface area (Å²) in [6.07, 6.45) is 7.73. The minimum atomic E-state index is -1.00. The number of ether oxygens (including phenoxy) is 2. The van der Waals surface area contributed by atoms with Gasteiger partial charge in [-0.1, -0.05) is 101 Å². The quantitative estimate of drug-likeness (QED) is 0.195. The molecule has 0 unspecified atom stereocenters. The molecule has 1 heterocycles. The number of esters is 1. The third-order valence-electron chi connectivity index (χ3n) is 9.28. The Labute approximate surface area is 272 Å². The molecular weight excluding hydrogens is 578 g/mol. The molecule has 3 aromatic rings. The first-order chi connectivity index (χ1) is 22.1. The number of carbonyl (C=O) groups excluding carboxylic acids is 2. The van der Waals surface area contributed by atoms with E-state index in [2.05, 4.69) is 44.3 Å². The van der Waals surface area contributed by atoms with Gasteiger partial charge >= 0.3 is 11.9 Å². The van der Waals surface area contributed by atoms with Crippen molar-refractivity contribution in [3.8, 4) is 11.5 Å². The van der Waals surface area contributed by atoms with Crippen LogP contribution in [0.4, 0.5) is 5.69 Å². The lowest BCUT2D eigenvalue weighted by Crippen LogP contribution is -2.24. The lowest BCUT2D eigenvalue weighted by atomic mass is 9.83. The van der Waals surface area contributed by atoms with Gasteiger partial charge in [-0.25, -0.2) is 0 Å². The highest BCUT2D eigenvalue weighted by molar-refractivity contribution is 5.93. The van der Waals surface area contributed by atoms with Gasteiger partial charge in [0.15, 0.2) is 0 Å². The number of carboxylic acids is 1. The molecular formula is C39H47NO6. The number of fused-ring (bicyclic) bond motifs is 2. The maximum absolute atomic E-state index is 13.8. The molecule has 1 saturated carbocycles. The monoisotopic (exact) mass is 625 g/mol. The maximum atomic E-state index is 13.8. The fourth-order valence-corrected chi connectivity index (χ4v) is 6.92. The van der Waals surface area contributed by atoms with Crippen molar-refractivity contribution >= 4 is 23.5 Å². The van der Waals surface area contributed by atoms with E-state index in [1.54, 1.807) is 0 Å². The minimum absolute atomic E-state index is 0.0679. The van der Waals surface area contributed by atoms with Crippen LogP contribution in [0.1, 0.15) is 113 Å². The number of aliphatic carboxylic acids is 1. The van der Waals surface area contributed by atoms with Gasteiger partial charge in [0, 0.05) is 29.2 Å². The molecule has 1 aliphatic heterocycles. The summed E-state index contributed by atoms with van der Waals surface area (Å²) in [5.74, 6) is 0.436. The molecule has 5 rings (SSSR count). The number of hydrogen-bond acceptors (Lipinski definition) is 5. The molecule has 2 aliphatic rings. The van der Waals surface area contributed by atoms with E-state index in [4.69, 9.17) is 14.6 Å². The van der Waals surface area contributed by atoms with Crippen molar-refractivity contribution in [1.29, 1.82) is 0 Å². The SMILES string of the molecule is CC(C)(C)c1ccc(CC[C@@H](CC2CCCCC2)OC(=O)CCC(=O)O)cc1NC(=O)CC1c2ccccc2Oc2ccccc21. The summed E-state index contributed by atoms with van der Waals surface area (Å²) < 4.78 is 12.0. The zero-order valence-electron chi connectivity index (χ0n) is 27.3. The van der Waals surface area contributed by atoms with Crippen LogP contribution in [0.2, 0.25) is 0 Å². The summed E-state index contributed by atoms with van der Waals surface area (Å²) in [4.78, 5) is 37.3. The molecule has 0 spiro atoms. The number of amides is 1. The lowest BCUT2D eigenvalue weighted by molar-refractivity contribution is -0.153. The Morgan fingerprint density at radius 2 is 1.57 bits per heavy atom. The van der Waals surface area contributed by atoms with Crippen molar-refractivity contribution in [1.82, 2.24) is 0 Å². The molecule has 0 radical (unpaired) electrons. The second-order valence-electron chi connectivity index (χ2n) is 13.9. The first kappa shape index (κ1) is 33.2. The molecule has 244 valence electrons. The van der Waals surface area contributed by atoms with Crippen molar-refractivity contribution < 1.29 is 29.0 Å². The van der Waals surface area contributed by atoms with Crippen LogP contribution in [0.25, 0.3) is 0 Å². The number of aryl methyl sites for hydroxylation is 1. The Morgan fingerprint density at radius 3 is 2.20 bits per heavy atom. The number of carbonyl (C=O) groups is 3. The van der Waals surface area contributed by atoms with Crippen LogP contribution in [0.5, 0.6) is 11.5 Å². The average molecular weight is 626 g/mol. The van der Waals surface area contributed by atoms with Crippen molar-refractivity contribution in [2.75, 3.05) is 5.32 Å².